The Morgan fingerprint density at radius 2 is 1.95 bits per heavy atom. The van der Waals surface area contributed by atoms with E-state index >= 15 is 0 Å². The summed E-state index contributed by atoms with van der Waals surface area (Å²) in [7, 11) is 0. The van der Waals surface area contributed by atoms with Gasteiger partial charge in [-0.05, 0) is 0 Å². The van der Waals surface area contributed by atoms with Gasteiger partial charge in [-0.2, -0.15) is 0 Å². The number of rotatable bonds is 1. The summed E-state index contributed by atoms with van der Waals surface area (Å²) < 4.78 is 16.8. The maximum absolute atomic E-state index is 5.70. The van der Waals surface area contributed by atoms with Crippen molar-refractivity contribution in [3.63, 3.8) is 0 Å². The fourth-order valence-corrected chi connectivity index (χ4v) is 2.46. The lowest BCUT2D eigenvalue weighted by molar-refractivity contribution is 0.0228. The SMILES string of the molecule is c1c2c(cc3[nH]c(C4CNCCO4)nc13)OCCO2. The monoisotopic (exact) mass is 261 g/mol. The summed E-state index contributed by atoms with van der Waals surface area (Å²) in [6, 6.07) is 3.86. The van der Waals surface area contributed by atoms with E-state index in [9.17, 15) is 0 Å². The number of imidazole rings is 1. The highest BCUT2D eigenvalue weighted by Crippen LogP contribution is 2.34. The van der Waals surface area contributed by atoms with Gasteiger partial charge in [0, 0.05) is 25.2 Å². The smallest absolute Gasteiger partial charge is 0.163 e. The van der Waals surface area contributed by atoms with Gasteiger partial charge < -0.3 is 24.5 Å². The topological polar surface area (TPSA) is 68.4 Å². The lowest BCUT2D eigenvalue weighted by atomic mass is 10.2. The summed E-state index contributed by atoms with van der Waals surface area (Å²) in [6.45, 7) is 3.57. The third-order valence-electron chi connectivity index (χ3n) is 3.40. The molecule has 1 aromatic carbocycles. The zero-order chi connectivity index (χ0) is 12.7. The molecule has 0 bridgehead atoms. The van der Waals surface area contributed by atoms with Crippen LogP contribution in [0.4, 0.5) is 0 Å². The first kappa shape index (κ1) is 11.1. The van der Waals surface area contributed by atoms with Crippen LogP contribution in [0.15, 0.2) is 12.1 Å². The second-order valence-electron chi connectivity index (χ2n) is 4.70. The van der Waals surface area contributed by atoms with Gasteiger partial charge in [0.2, 0.25) is 0 Å². The molecule has 0 amide bonds. The summed E-state index contributed by atoms with van der Waals surface area (Å²) in [5.41, 5.74) is 1.84. The zero-order valence-corrected chi connectivity index (χ0v) is 10.4. The van der Waals surface area contributed by atoms with Crippen LogP contribution in [0.3, 0.4) is 0 Å². The van der Waals surface area contributed by atoms with Crippen molar-refractivity contribution < 1.29 is 14.2 Å². The number of hydrogen-bond donors (Lipinski definition) is 2. The number of morpholine rings is 1. The molecule has 2 aliphatic rings. The van der Waals surface area contributed by atoms with Crippen molar-refractivity contribution in [1.29, 1.82) is 0 Å². The fraction of sp³-hybridized carbons (Fsp3) is 0.462. The van der Waals surface area contributed by atoms with Gasteiger partial charge in [-0.3, -0.25) is 0 Å². The van der Waals surface area contributed by atoms with Gasteiger partial charge >= 0.3 is 0 Å². The third-order valence-corrected chi connectivity index (χ3v) is 3.40. The van der Waals surface area contributed by atoms with Gasteiger partial charge in [-0.25, -0.2) is 4.98 Å². The molecule has 6 nitrogen and oxygen atoms in total. The van der Waals surface area contributed by atoms with Gasteiger partial charge in [-0.1, -0.05) is 0 Å². The standard InChI is InChI=1S/C13H15N3O3/c1-2-17-12(7-14-1)13-15-8-5-10-11(6-9(8)16-13)19-4-3-18-10/h5-6,12,14H,1-4,7H2,(H,15,16). The predicted octanol–water partition coefficient (Wildman–Crippen LogP) is 0.995. The van der Waals surface area contributed by atoms with E-state index < -0.39 is 0 Å². The zero-order valence-electron chi connectivity index (χ0n) is 10.4. The molecule has 0 saturated carbocycles. The molecule has 19 heavy (non-hydrogen) atoms. The Balaban J connectivity index is 1.73. The Morgan fingerprint density at radius 1 is 1.11 bits per heavy atom. The quantitative estimate of drug-likeness (QED) is 0.801. The minimum Gasteiger partial charge on any atom is -0.486 e. The molecular weight excluding hydrogens is 246 g/mol. The van der Waals surface area contributed by atoms with E-state index in [0.29, 0.717) is 19.8 Å². The second kappa shape index (κ2) is 4.40. The summed E-state index contributed by atoms with van der Waals surface area (Å²) >= 11 is 0. The first-order chi connectivity index (χ1) is 9.40. The number of aromatic nitrogens is 2. The molecule has 1 unspecified atom stereocenters. The number of nitrogens with one attached hydrogen (secondary N) is 2. The molecule has 3 heterocycles. The van der Waals surface area contributed by atoms with Crippen molar-refractivity contribution in [2.75, 3.05) is 32.9 Å². The summed E-state index contributed by atoms with van der Waals surface area (Å²) in [5, 5.41) is 3.30. The van der Waals surface area contributed by atoms with E-state index in [1.807, 2.05) is 12.1 Å². The number of hydrogen-bond acceptors (Lipinski definition) is 5. The fourth-order valence-electron chi connectivity index (χ4n) is 2.46. The molecule has 1 aromatic heterocycles. The lowest BCUT2D eigenvalue weighted by Crippen LogP contribution is -2.33. The first-order valence-electron chi connectivity index (χ1n) is 6.52. The van der Waals surface area contributed by atoms with Crippen molar-refractivity contribution in [3.8, 4) is 11.5 Å². The normalized spacial score (nSPS) is 22.6. The highest BCUT2D eigenvalue weighted by atomic mass is 16.6. The second-order valence-corrected chi connectivity index (χ2v) is 4.70. The molecule has 2 aromatic rings. The molecule has 4 rings (SSSR count). The van der Waals surface area contributed by atoms with E-state index in [-0.39, 0.29) is 6.10 Å². The van der Waals surface area contributed by atoms with Crippen LogP contribution in [-0.4, -0.2) is 42.9 Å². The van der Waals surface area contributed by atoms with Crippen molar-refractivity contribution in [2.45, 2.75) is 6.10 Å². The minimum atomic E-state index is -0.0139. The van der Waals surface area contributed by atoms with Crippen LogP contribution in [0.1, 0.15) is 11.9 Å². The average molecular weight is 261 g/mol. The molecule has 1 saturated heterocycles. The molecule has 0 radical (unpaired) electrons. The first-order valence-corrected chi connectivity index (χ1v) is 6.52. The summed E-state index contributed by atoms with van der Waals surface area (Å²) in [5.74, 6) is 2.39. The van der Waals surface area contributed by atoms with Crippen molar-refractivity contribution >= 4 is 11.0 Å². The minimum absolute atomic E-state index is 0.0139. The van der Waals surface area contributed by atoms with Crippen molar-refractivity contribution in [2.24, 2.45) is 0 Å². The lowest BCUT2D eigenvalue weighted by Gasteiger charge is -2.21. The Bertz CT molecular complexity index is 561. The van der Waals surface area contributed by atoms with Crippen LogP contribution in [0.2, 0.25) is 0 Å². The maximum atomic E-state index is 5.70. The third kappa shape index (κ3) is 1.93. The van der Waals surface area contributed by atoms with Crippen molar-refractivity contribution in [3.05, 3.63) is 18.0 Å². The van der Waals surface area contributed by atoms with Crippen molar-refractivity contribution in [1.82, 2.24) is 15.3 Å². The number of fused-ring (bicyclic) bond motifs is 2. The number of ether oxygens (including phenoxy) is 3. The molecule has 2 aliphatic heterocycles. The van der Waals surface area contributed by atoms with Crippen LogP contribution >= 0.6 is 0 Å². The molecule has 2 N–H and O–H groups in total. The van der Waals surface area contributed by atoms with Gasteiger partial charge in [0.25, 0.3) is 0 Å². The van der Waals surface area contributed by atoms with Crippen LogP contribution < -0.4 is 14.8 Å². The van der Waals surface area contributed by atoms with Crippen LogP contribution in [0.25, 0.3) is 11.0 Å². The number of H-pyrrole nitrogens is 1. The summed E-state index contributed by atoms with van der Waals surface area (Å²) in [6.07, 6.45) is -0.0139. The van der Waals surface area contributed by atoms with Gasteiger partial charge in [0.05, 0.1) is 17.6 Å². The Hall–Kier alpha value is -1.79. The van der Waals surface area contributed by atoms with Gasteiger partial charge in [0.1, 0.15) is 25.1 Å². The molecule has 1 atom stereocenters. The summed E-state index contributed by atoms with van der Waals surface area (Å²) in [4.78, 5) is 7.89. The molecular formula is C13H15N3O3. The van der Waals surface area contributed by atoms with Gasteiger partial charge in [-0.15, -0.1) is 0 Å². The van der Waals surface area contributed by atoms with Gasteiger partial charge in [0.15, 0.2) is 11.5 Å². The largest absolute Gasteiger partial charge is 0.486 e. The van der Waals surface area contributed by atoms with Crippen LogP contribution in [0.5, 0.6) is 11.5 Å². The van der Waals surface area contributed by atoms with E-state index in [1.165, 1.54) is 0 Å². The maximum Gasteiger partial charge on any atom is 0.163 e. The van der Waals surface area contributed by atoms with Crippen LogP contribution in [0, 0.1) is 0 Å². The molecule has 6 heteroatoms. The molecule has 0 aliphatic carbocycles. The predicted molar refractivity (Wildman–Crippen MR) is 68.6 cm³/mol. The average Bonchev–Trinajstić information content (AvgIpc) is 2.88. The van der Waals surface area contributed by atoms with E-state index in [0.717, 1.165) is 41.4 Å². The van der Waals surface area contributed by atoms with Crippen LogP contribution in [-0.2, 0) is 4.74 Å². The Morgan fingerprint density at radius 3 is 2.74 bits per heavy atom. The van der Waals surface area contributed by atoms with E-state index in [2.05, 4.69) is 15.3 Å². The molecule has 1 fully saturated rings. The Labute approximate surface area is 110 Å². The highest BCUT2D eigenvalue weighted by molar-refractivity contribution is 5.80. The number of nitrogens with zero attached hydrogens (tertiary/aromatic N) is 1. The number of benzene rings is 1. The molecule has 100 valence electrons. The number of aromatic amines is 1. The Kier molecular flexibility index (Phi) is 2.56. The van der Waals surface area contributed by atoms with E-state index in [1.54, 1.807) is 0 Å². The molecule has 0 spiro atoms. The van der Waals surface area contributed by atoms with E-state index in [4.69, 9.17) is 14.2 Å². The highest BCUT2D eigenvalue weighted by Gasteiger charge is 2.21.